The lowest BCUT2D eigenvalue weighted by Gasteiger charge is -2.40. The average molecular weight is 396 g/mol. The molecule has 1 heterocycles. The molecule has 0 bridgehead atoms. The summed E-state index contributed by atoms with van der Waals surface area (Å²) in [5.41, 5.74) is 1.38. The predicted molar refractivity (Wildman–Crippen MR) is 111 cm³/mol. The molecule has 2 N–H and O–H groups in total. The Balaban J connectivity index is 1.92. The van der Waals surface area contributed by atoms with E-state index >= 15 is 0 Å². The first kappa shape index (κ1) is 21.7. The molecule has 27 heavy (non-hydrogen) atoms. The van der Waals surface area contributed by atoms with E-state index in [-0.39, 0.29) is 0 Å². The molecule has 1 atom stereocenters. The largest absolute Gasteiger partial charge is 0.357 e. The topological polar surface area (TPSA) is 77.0 Å². The maximum atomic E-state index is 11.2. The third-order valence-electron chi connectivity index (χ3n) is 4.70. The van der Waals surface area contributed by atoms with Crippen LogP contribution in [0.25, 0.3) is 0 Å². The Morgan fingerprint density at radius 1 is 1.15 bits per heavy atom. The van der Waals surface area contributed by atoms with Crippen molar-refractivity contribution >= 4 is 16.0 Å². The lowest BCUT2D eigenvalue weighted by Crippen LogP contribution is -2.53. The molecule has 1 aromatic rings. The first-order valence-electron chi connectivity index (χ1n) is 9.71. The maximum Gasteiger partial charge on any atom is 0.208 e. The number of piperazine rings is 1. The Morgan fingerprint density at radius 2 is 1.81 bits per heavy atom. The number of hydrogen-bond donors (Lipinski definition) is 2. The zero-order valence-corrected chi connectivity index (χ0v) is 17.5. The van der Waals surface area contributed by atoms with Crippen molar-refractivity contribution in [1.82, 2.24) is 19.8 Å². The van der Waals surface area contributed by atoms with Gasteiger partial charge in [0.2, 0.25) is 10.0 Å². The fourth-order valence-corrected chi connectivity index (χ4v) is 3.91. The molecular weight excluding hydrogens is 362 g/mol. The summed E-state index contributed by atoms with van der Waals surface area (Å²) < 4.78 is 24.8. The van der Waals surface area contributed by atoms with Gasteiger partial charge in [0.05, 0.1) is 12.8 Å². The van der Waals surface area contributed by atoms with E-state index in [1.807, 2.05) is 6.92 Å². The van der Waals surface area contributed by atoms with Crippen LogP contribution < -0.4 is 10.0 Å². The minimum atomic E-state index is -3.17. The normalized spacial score (nSPS) is 17.7. The highest BCUT2D eigenvalue weighted by Crippen LogP contribution is 2.25. The summed E-state index contributed by atoms with van der Waals surface area (Å²) in [6.45, 7) is 9.62. The van der Waals surface area contributed by atoms with E-state index in [1.54, 1.807) is 0 Å². The van der Waals surface area contributed by atoms with Crippen LogP contribution in [0.15, 0.2) is 35.3 Å². The van der Waals surface area contributed by atoms with Crippen LogP contribution in [0.4, 0.5) is 0 Å². The number of rotatable bonds is 8. The number of hydrogen-bond acceptors (Lipinski definition) is 4. The summed E-state index contributed by atoms with van der Waals surface area (Å²) in [6.07, 6.45) is 2.26. The summed E-state index contributed by atoms with van der Waals surface area (Å²) >= 11 is 0. The van der Waals surface area contributed by atoms with E-state index < -0.39 is 10.0 Å². The number of nitrogens with zero attached hydrogens (tertiary/aromatic N) is 3. The number of nitrogens with one attached hydrogen (secondary N) is 2. The van der Waals surface area contributed by atoms with Gasteiger partial charge in [0.1, 0.15) is 0 Å². The molecule has 1 fully saturated rings. The van der Waals surface area contributed by atoms with Crippen molar-refractivity contribution in [2.24, 2.45) is 4.99 Å². The summed E-state index contributed by atoms with van der Waals surface area (Å²) in [7, 11) is -3.17. The van der Waals surface area contributed by atoms with Crippen molar-refractivity contribution in [3.63, 3.8) is 0 Å². The van der Waals surface area contributed by atoms with E-state index in [0.717, 1.165) is 51.4 Å². The van der Waals surface area contributed by atoms with Gasteiger partial charge in [-0.3, -0.25) is 9.89 Å². The quantitative estimate of drug-likeness (QED) is 0.394. The van der Waals surface area contributed by atoms with Crippen LogP contribution in [-0.4, -0.2) is 76.2 Å². The predicted octanol–water partition coefficient (Wildman–Crippen LogP) is 1.27. The fraction of sp³-hybridized carbons (Fsp3) is 0.632. The Labute approximate surface area is 163 Å². The van der Waals surface area contributed by atoms with Gasteiger partial charge in [0.25, 0.3) is 0 Å². The molecule has 0 aliphatic carbocycles. The first-order chi connectivity index (χ1) is 12.9. The van der Waals surface area contributed by atoms with E-state index in [0.29, 0.717) is 19.1 Å². The van der Waals surface area contributed by atoms with Crippen LogP contribution in [0.1, 0.15) is 31.9 Å². The van der Waals surface area contributed by atoms with Crippen LogP contribution in [0.3, 0.4) is 0 Å². The summed E-state index contributed by atoms with van der Waals surface area (Å²) in [6, 6.07) is 11.1. The molecule has 152 valence electrons. The van der Waals surface area contributed by atoms with Crippen LogP contribution in [0, 0.1) is 0 Å². The van der Waals surface area contributed by atoms with E-state index in [2.05, 4.69) is 62.1 Å². The minimum Gasteiger partial charge on any atom is -0.357 e. The molecule has 1 saturated heterocycles. The van der Waals surface area contributed by atoms with Gasteiger partial charge in [0.15, 0.2) is 5.96 Å². The van der Waals surface area contributed by atoms with Crippen LogP contribution in [-0.2, 0) is 10.0 Å². The summed E-state index contributed by atoms with van der Waals surface area (Å²) in [5.74, 6) is 0.861. The zero-order chi connectivity index (χ0) is 19.7. The monoisotopic (exact) mass is 395 g/mol. The Kier molecular flexibility index (Phi) is 8.53. The Hall–Kier alpha value is -1.64. The molecule has 1 unspecified atom stereocenters. The van der Waals surface area contributed by atoms with Gasteiger partial charge in [-0.05, 0) is 18.9 Å². The van der Waals surface area contributed by atoms with Crippen molar-refractivity contribution in [2.75, 3.05) is 52.1 Å². The number of sulfonamides is 1. The molecule has 0 aromatic heterocycles. The Bertz CT molecular complexity index is 685. The number of guanidine groups is 1. The van der Waals surface area contributed by atoms with Crippen molar-refractivity contribution in [2.45, 2.75) is 26.3 Å². The highest BCUT2D eigenvalue weighted by atomic mass is 32.2. The van der Waals surface area contributed by atoms with Gasteiger partial charge in [-0.15, -0.1) is 0 Å². The van der Waals surface area contributed by atoms with Gasteiger partial charge >= 0.3 is 0 Å². The first-order valence-corrected chi connectivity index (χ1v) is 11.6. The van der Waals surface area contributed by atoms with Crippen molar-refractivity contribution < 1.29 is 8.42 Å². The number of benzene rings is 1. The van der Waals surface area contributed by atoms with Gasteiger partial charge in [0, 0.05) is 45.3 Å². The second-order valence-corrected chi connectivity index (χ2v) is 8.59. The molecule has 1 aromatic carbocycles. The van der Waals surface area contributed by atoms with Gasteiger partial charge in [-0.2, -0.15) is 0 Å². The Morgan fingerprint density at radius 3 is 2.37 bits per heavy atom. The second kappa shape index (κ2) is 10.6. The molecule has 1 aliphatic rings. The van der Waals surface area contributed by atoms with E-state index in [9.17, 15) is 8.42 Å². The minimum absolute atomic E-state index is 0.319. The summed E-state index contributed by atoms with van der Waals surface area (Å²) in [5, 5.41) is 3.32. The smallest absolute Gasteiger partial charge is 0.208 e. The lowest BCUT2D eigenvalue weighted by atomic mass is 10.0. The standard InChI is InChI=1S/C19H33N5O2S/c1-4-18(17-9-7-6-8-10-17)23-13-15-24(16-14-23)19(20-5-2)21-11-12-22-27(3,25)26/h6-10,18,22H,4-5,11-16H2,1-3H3,(H,20,21). The molecule has 1 aliphatic heterocycles. The average Bonchev–Trinajstić information content (AvgIpc) is 2.66. The molecule has 8 heteroatoms. The number of aliphatic imine (C=N–C) groups is 1. The van der Waals surface area contributed by atoms with Gasteiger partial charge in [-0.1, -0.05) is 37.3 Å². The maximum absolute atomic E-state index is 11.2. The fourth-order valence-electron chi connectivity index (χ4n) is 3.44. The third-order valence-corrected chi connectivity index (χ3v) is 5.43. The molecule has 0 saturated carbocycles. The highest BCUT2D eigenvalue weighted by Gasteiger charge is 2.25. The van der Waals surface area contributed by atoms with Crippen LogP contribution in [0.5, 0.6) is 0 Å². The molecule has 2 rings (SSSR count). The second-order valence-electron chi connectivity index (χ2n) is 6.76. The van der Waals surface area contributed by atoms with Gasteiger partial charge in [-0.25, -0.2) is 13.1 Å². The van der Waals surface area contributed by atoms with Crippen molar-refractivity contribution in [3.05, 3.63) is 35.9 Å². The van der Waals surface area contributed by atoms with Crippen LogP contribution >= 0.6 is 0 Å². The highest BCUT2D eigenvalue weighted by molar-refractivity contribution is 7.88. The zero-order valence-electron chi connectivity index (χ0n) is 16.7. The van der Waals surface area contributed by atoms with Crippen molar-refractivity contribution in [1.29, 1.82) is 0 Å². The summed E-state index contributed by atoms with van der Waals surface area (Å²) in [4.78, 5) is 9.38. The van der Waals surface area contributed by atoms with E-state index in [1.165, 1.54) is 5.56 Å². The van der Waals surface area contributed by atoms with Gasteiger partial charge < -0.3 is 10.2 Å². The molecule has 0 amide bonds. The van der Waals surface area contributed by atoms with E-state index in [4.69, 9.17) is 0 Å². The molecule has 0 radical (unpaired) electrons. The van der Waals surface area contributed by atoms with Crippen LogP contribution in [0.2, 0.25) is 0 Å². The van der Waals surface area contributed by atoms with Crippen molar-refractivity contribution in [3.8, 4) is 0 Å². The lowest BCUT2D eigenvalue weighted by molar-refractivity contribution is 0.127. The SMILES string of the molecule is CCNC(=NCCNS(C)(=O)=O)N1CCN(C(CC)c2ccccc2)CC1. The third kappa shape index (κ3) is 7.12. The molecule has 0 spiro atoms. The molecule has 7 nitrogen and oxygen atoms in total. The molecular formula is C19H33N5O2S.